The maximum atomic E-state index is 10.9. The molecule has 0 fully saturated rings. The molecule has 9 heteroatoms. The molecular weight excluding hydrogens is 304 g/mol. The summed E-state index contributed by atoms with van der Waals surface area (Å²) in [6, 6.07) is 0. The first-order chi connectivity index (χ1) is 9.02. The largest absolute Gasteiger partial charge is 0.302 e. The van der Waals surface area contributed by atoms with E-state index < -0.39 is 0 Å². The Kier molecular flexibility index (Phi) is 4.51. The molecule has 0 saturated carbocycles. The van der Waals surface area contributed by atoms with E-state index in [0.717, 1.165) is 8.42 Å². The second kappa shape index (κ2) is 6.13. The number of hydrogen-bond acceptors (Lipinski definition) is 7. The Morgan fingerprint density at radius 3 is 1.79 bits per heavy atom. The van der Waals surface area contributed by atoms with Gasteiger partial charge in [-0.05, 0) is 0 Å². The third-order valence-electron chi connectivity index (χ3n) is 1.74. The molecule has 0 aliphatic heterocycles. The molecule has 0 radical (unpaired) electrons. The second-order valence-electron chi connectivity index (χ2n) is 3.43. The highest BCUT2D eigenvalue weighted by Gasteiger charge is 2.08. The maximum absolute atomic E-state index is 10.9. The monoisotopic (exact) mass is 314 g/mol. The fraction of sp³-hybridized carbons (Fsp3) is 0.200. The van der Waals surface area contributed by atoms with E-state index in [-0.39, 0.29) is 11.8 Å². The van der Waals surface area contributed by atoms with Gasteiger partial charge in [-0.3, -0.25) is 9.59 Å². The smallest absolute Gasteiger partial charge is 0.223 e. The Morgan fingerprint density at radius 1 is 1.00 bits per heavy atom. The van der Waals surface area contributed by atoms with Gasteiger partial charge in [-0.15, -0.1) is 0 Å². The zero-order chi connectivity index (χ0) is 13.8. The van der Waals surface area contributed by atoms with Crippen LogP contribution in [0.5, 0.6) is 0 Å². The van der Waals surface area contributed by atoms with Crippen molar-refractivity contribution < 1.29 is 9.59 Å². The zero-order valence-corrected chi connectivity index (χ0v) is 12.5. The quantitative estimate of drug-likeness (QED) is 0.906. The van der Waals surface area contributed by atoms with E-state index >= 15 is 0 Å². The van der Waals surface area contributed by atoms with Crippen molar-refractivity contribution >= 4 is 56.5 Å². The van der Waals surface area contributed by atoms with Crippen LogP contribution in [-0.4, -0.2) is 21.8 Å². The van der Waals surface area contributed by atoms with Gasteiger partial charge in [0.25, 0.3) is 0 Å². The topological polar surface area (TPSA) is 84.0 Å². The number of thiazole rings is 2. The highest BCUT2D eigenvalue weighted by atomic mass is 32.2. The summed E-state index contributed by atoms with van der Waals surface area (Å²) in [4.78, 5) is 30.0. The van der Waals surface area contributed by atoms with Gasteiger partial charge < -0.3 is 10.6 Å². The molecule has 0 aliphatic rings. The first kappa shape index (κ1) is 14.0. The molecule has 0 aliphatic carbocycles. The van der Waals surface area contributed by atoms with Crippen LogP contribution in [-0.2, 0) is 9.59 Å². The van der Waals surface area contributed by atoms with Crippen molar-refractivity contribution in [3.63, 3.8) is 0 Å². The lowest BCUT2D eigenvalue weighted by atomic mass is 10.7. The Morgan fingerprint density at radius 2 is 1.42 bits per heavy atom. The molecule has 2 N–H and O–H groups in total. The van der Waals surface area contributed by atoms with Gasteiger partial charge in [-0.2, -0.15) is 0 Å². The van der Waals surface area contributed by atoms with Gasteiger partial charge in [0.2, 0.25) is 11.8 Å². The van der Waals surface area contributed by atoms with Crippen molar-refractivity contribution in [2.45, 2.75) is 22.3 Å². The fourth-order valence-corrected chi connectivity index (χ4v) is 4.23. The summed E-state index contributed by atoms with van der Waals surface area (Å²) in [5.74, 6) is -0.284. The van der Waals surface area contributed by atoms with E-state index in [1.165, 1.54) is 48.3 Å². The van der Waals surface area contributed by atoms with Crippen LogP contribution in [0.3, 0.4) is 0 Å². The van der Waals surface area contributed by atoms with E-state index in [4.69, 9.17) is 0 Å². The predicted octanol–water partition coefficient (Wildman–Crippen LogP) is 2.67. The standard InChI is InChI=1S/C10H10N4O2S3/c1-5(15)13-9-11-3-7(18-9)17-8-4-12-10(19-8)14-6(2)16/h3-4H,1-2H3,(H,11,13,15)(H,12,14,16). The van der Waals surface area contributed by atoms with Crippen molar-refractivity contribution in [1.29, 1.82) is 0 Å². The Labute approximate surface area is 121 Å². The minimum absolute atomic E-state index is 0.142. The first-order valence-corrected chi connectivity index (χ1v) is 7.62. The first-order valence-electron chi connectivity index (χ1n) is 5.17. The average Bonchev–Trinajstić information content (AvgIpc) is 2.88. The zero-order valence-electron chi connectivity index (χ0n) is 10.1. The number of rotatable bonds is 4. The van der Waals surface area contributed by atoms with Crippen LogP contribution < -0.4 is 10.6 Å². The Balaban J connectivity index is 2.00. The average molecular weight is 314 g/mol. The summed E-state index contributed by atoms with van der Waals surface area (Å²) >= 11 is 4.27. The third kappa shape index (κ3) is 4.30. The molecule has 0 aromatic carbocycles. The van der Waals surface area contributed by atoms with Crippen molar-refractivity contribution in [1.82, 2.24) is 9.97 Å². The summed E-state index contributed by atoms with van der Waals surface area (Å²) in [6.45, 7) is 2.88. The molecule has 2 amide bonds. The molecule has 2 heterocycles. The van der Waals surface area contributed by atoms with Crippen LogP contribution >= 0.6 is 34.4 Å². The highest BCUT2D eigenvalue weighted by Crippen LogP contribution is 2.37. The second-order valence-corrected chi connectivity index (χ2v) is 7.10. The number of anilines is 2. The highest BCUT2D eigenvalue weighted by molar-refractivity contribution is 8.03. The van der Waals surface area contributed by atoms with E-state index in [1.807, 2.05) is 0 Å². The fourth-order valence-electron chi connectivity index (χ4n) is 1.13. The molecule has 2 aromatic rings. The van der Waals surface area contributed by atoms with Gasteiger partial charge >= 0.3 is 0 Å². The van der Waals surface area contributed by atoms with Crippen molar-refractivity contribution in [3.8, 4) is 0 Å². The van der Waals surface area contributed by atoms with Crippen LogP contribution in [0.1, 0.15) is 13.8 Å². The molecule has 19 heavy (non-hydrogen) atoms. The molecule has 100 valence electrons. The molecule has 0 atom stereocenters. The van der Waals surface area contributed by atoms with Crippen LogP contribution in [0.4, 0.5) is 10.3 Å². The van der Waals surface area contributed by atoms with Gasteiger partial charge in [-0.25, -0.2) is 9.97 Å². The van der Waals surface area contributed by atoms with Crippen molar-refractivity contribution in [3.05, 3.63) is 12.4 Å². The molecule has 6 nitrogen and oxygen atoms in total. The van der Waals surface area contributed by atoms with E-state index in [2.05, 4.69) is 20.6 Å². The molecule has 0 saturated heterocycles. The summed E-state index contributed by atoms with van der Waals surface area (Å²) in [5.41, 5.74) is 0. The van der Waals surface area contributed by atoms with Crippen LogP contribution in [0.2, 0.25) is 0 Å². The Hall–Kier alpha value is -1.45. The SMILES string of the molecule is CC(=O)Nc1ncc(Sc2cnc(NC(C)=O)s2)s1. The number of carbonyl (C=O) groups is 2. The molecular formula is C10H10N4O2S3. The summed E-state index contributed by atoms with van der Waals surface area (Å²) < 4.78 is 1.89. The normalized spacial score (nSPS) is 10.2. The lowest BCUT2D eigenvalue weighted by Crippen LogP contribution is -2.04. The molecule has 0 unspecified atom stereocenters. The number of nitrogens with zero attached hydrogens (tertiary/aromatic N) is 2. The molecule has 0 bridgehead atoms. The number of aromatic nitrogens is 2. The van der Waals surface area contributed by atoms with Gasteiger partial charge in [0, 0.05) is 13.8 Å². The van der Waals surface area contributed by atoms with Gasteiger partial charge in [0.05, 0.1) is 20.8 Å². The maximum Gasteiger partial charge on any atom is 0.223 e. The van der Waals surface area contributed by atoms with E-state index in [9.17, 15) is 9.59 Å². The molecule has 2 aromatic heterocycles. The number of amides is 2. The van der Waals surface area contributed by atoms with Crippen molar-refractivity contribution in [2.24, 2.45) is 0 Å². The van der Waals surface area contributed by atoms with Crippen LogP contribution in [0, 0.1) is 0 Å². The molecule has 2 rings (SSSR count). The van der Waals surface area contributed by atoms with Gasteiger partial charge in [-0.1, -0.05) is 34.4 Å². The third-order valence-corrected chi connectivity index (χ3v) is 4.76. The van der Waals surface area contributed by atoms with E-state index in [0.29, 0.717) is 10.3 Å². The predicted molar refractivity (Wildman–Crippen MR) is 77.0 cm³/mol. The van der Waals surface area contributed by atoms with E-state index in [1.54, 1.807) is 12.4 Å². The number of nitrogens with one attached hydrogen (secondary N) is 2. The summed E-state index contributed by atoms with van der Waals surface area (Å²) in [6.07, 6.45) is 3.39. The number of hydrogen-bond donors (Lipinski definition) is 2. The Bertz CT molecular complexity index is 555. The van der Waals surface area contributed by atoms with Gasteiger partial charge in [0.1, 0.15) is 0 Å². The minimum Gasteiger partial charge on any atom is -0.302 e. The van der Waals surface area contributed by atoms with Crippen LogP contribution in [0.15, 0.2) is 20.8 Å². The van der Waals surface area contributed by atoms with Crippen molar-refractivity contribution in [2.75, 3.05) is 10.6 Å². The number of carbonyl (C=O) groups excluding carboxylic acids is 2. The lowest BCUT2D eigenvalue weighted by molar-refractivity contribution is -0.115. The minimum atomic E-state index is -0.142. The van der Waals surface area contributed by atoms with Gasteiger partial charge in [0.15, 0.2) is 10.3 Å². The summed E-state index contributed by atoms with van der Waals surface area (Å²) in [5, 5.41) is 6.40. The summed E-state index contributed by atoms with van der Waals surface area (Å²) in [7, 11) is 0. The lowest BCUT2D eigenvalue weighted by Gasteiger charge is -1.93. The molecule has 0 spiro atoms. The van der Waals surface area contributed by atoms with Crippen LogP contribution in [0.25, 0.3) is 0 Å².